The molecule has 0 radical (unpaired) electrons. The van der Waals surface area contributed by atoms with Crippen molar-refractivity contribution in [3.8, 4) is 11.5 Å². The van der Waals surface area contributed by atoms with E-state index in [9.17, 15) is 0 Å². The first-order valence-corrected chi connectivity index (χ1v) is 5.65. The average Bonchev–Trinajstić information content (AvgIpc) is 2.66. The lowest BCUT2D eigenvalue weighted by molar-refractivity contribution is 0.172. The molecular weight excluding hydrogens is 200 g/mol. The van der Waals surface area contributed by atoms with Crippen LogP contribution in [0.3, 0.4) is 0 Å². The van der Waals surface area contributed by atoms with Crippen molar-refractivity contribution < 1.29 is 14.6 Å². The minimum absolute atomic E-state index is 0.160. The molecule has 0 saturated carbocycles. The van der Waals surface area contributed by atoms with Gasteiger partial charge in [-0.3, -0.25) is 0 Å². The number of aliphatic hydroxyl groups is 1. The highest BCUT2D eigenvalue weighted by molar-refractivity contribution is 7.98. The SMILES string of the molecule is CSc1c(CCO)ccc2c1OCO2. The zero-order chi connectivity index (χ0) is 9.97. The van der Waals surface area contributed by atoms with E-state index in [1.54, 1.807) is 11.8 Å². The molecule has 1 N–H and O–H groups in total. The Labute approximate surface area is 87.0 Å². The third-order valence-electron chi connectivity index (χ3n) is 2.16. The number of hydrogen-bond donors (Lipinski definition) is 1. The van der Waals surface area contributed by atoms with Crippen LogP contribution in [0.15, 0.2) is 17.0 Å². The largest absolute Gasteiger partial charge is 0.454 e. The number of thioether (sulfide) groups is 1. The number of hydrogen-bond acceptors (Lipinski definition) is 4. The Bertz CT molecular complexity index is 338. The Balaban J connectivity index is 2.43. The predicted molar refractivity (Wildman–Crippen MR) is 55.1 cm³/mol. The number of rotatable bonds is 3. The van der Waals surface area contributed by atoms with Crippen LogP contribution < -0.4 is 9.47 Å². The Morgan fingerprint density at radius 3 is 3.00 bits per heavy atom. The molecule has 1 aromatic rings. The summed E-state index contributed by atoms with van der Waals surface area (Å²) in [5, 5.41) is 8.91. The van der Waals surface area contributed by atoms with Gasteiger partial charge in [-0.05, 0) is 24.3 Å². The van der Waals surface area contributed by atoms with E-state index >= 15 is 0 Å². The van der Waals surface area contributed by atoms with Crippen LogP contribution in [0.5, 0.6) is 11.5 Å². The summed E-state index contributed by atoms with van der Waals surface area (Å²) in [6.45, 7) is 0.457. The molecule has 0 spiro atoms. The lowest BCUT2D eigenvalue weighted by Gasteiger charge is -2.08. The molecular formula is C10H12O3S. The normalized spacial score (nSPS) is 13.3. The smallest absolute Gasteiger partial charge is 0.231 e. The summed E-state index contributed by atoms with van der Waals surface area (Å²) in [6, 6.07) is 3.88. The van der Waals surface area contributed by atoms with Gasteiger partial charge in [0.15, 0.2) is 11.5 Å². The molecule has 14 heavy (non-hydrogen) atoms. The maximum absolute atomic E-state index is 8.91. The van der Waals surface area contributed by atoms with Crippen LogP contribution in [0.1, 0.15) is 5.56 Å². The van der Waals surface area contributed by atoms with Gasteiger partial charge >= 0.3 is 0 Å². The number of aliphatic hydroxyl groups excluding tert-OH is 1. The Morgan fingerprint density at radius 2 is 2.29 bits per heavy atom. The van der Waals surface area contributed by atoms with E-state index in [0.29, 0.717) is 13.2 Å². The second-order valence-corrected chi connectivity index (χ2v) is 3.78. The zero-order valence-electron chi connectivity index (χ0n) is 7.95. The molecule has 0 saturated heterocycles. The lowest BCUT2D eigenvalue weighted by Crippen LogP contribution is -1.95. The standard InChI is InChI=1S/C10H12O3S/c1-14-10-7(4-5-11)2-3-8-9(10)13-6-12-8/h2-3,11H,4-6H2,1H3. The number of fused-ring (bicyclic) bond motifs is 1. The topological polar surface area (TPSA) is 38.7 Å². The molecule has 0 atom stereocenters. The summed E-state index contributed by atoms with van der Waals surface area (Å²) < 4.78 is 10.7. The molecule has 3 nitrogen and oxygen atoms in total. The molecule has 1 aromatic carbocycles. The fourth-order valence-corrected chi connectivity index (χ4v) is 2.31. The van der Waals surface area contributed by atoms with Crippen molar-refractivity contribution >= 4 is 11.8 Å². The third kappa shape index (κ3) is 1.55. The van der Waals surface area contributed by atoms with Gasteiger partial charge in [-0.25, -0.2) is 0 Å². The highest BCUT2D eigenvalue weighted by atomic mass is 32.2. The van der Waals surface area contributed by atoms with E-state index in [1.807, 2.05) is 18.4 Å². The Hall–Kier alpha value is -0.870. The van der Waals surface area contributed by atoms with Gasteiger partial charge in [-0.15, -0.1) is 11.8 Å². The van der Waals surface area contributed by atoms with Gasteiger partial charge in [-0.1, -0.05) is 6.07 Å². The van der Waals surface area contributed by atoms with Crippen molar-refractivity contribution in [2.24, 2.45) is 0 Å². The predicted octanol–water partition coefficient (Wildman–Crippen LogP) is 1.67. The van der Waals surface area contributed by atoms with E-state index < -0.39 is 0 Å². The number of ether oxygens (including phenoxy) is 2. The summed E-state index contributed by atoms with van der Waals surface area (Å²) >= 11 is 1.62. The van der Waals surface area contributed by atoms with Crippen LogP contribution in [0, 0.1) is 0 Å². The second kappa shape index (κ2) is 4.11. The highest BCUT2D eigenvalue weighted by Crippen LogP contribution is 2.42. The van der Waals surface area contributed by atoms with Crippen molar-refractivity contribution in [3.63, 3.8) is 0 Å². The van der Waals surface area contributed by atoms with Crippen LogP contribution >= 0.6 is 11.8 Å². The second-order valence-electron chi connectivity index (χ2n) is 2.97. The summed E-state index contributed by atoms with van der Waals surface area (Å²) in [4.78, 5) is 1.08. The number of benzene rings is 1. The maximum Gasteiger partial charge on any atom is 0.231 e. The summed E-state index contributed by atoms with van der Waals surface area (Å²) in [7, 11) is 0. The first kappa shape index (κ1) is 9.68. The van der Waals surface area contributed by atoms with Crippen molar-refractivity contribution in [2.45, 2.75) is 11.3 Å². The molecule has 0 aromatic heterocycles. The zero-order valence-corrected chi connectivity index (χ0v) is 8.76. The summed E-state index contributed by atoms with van der Waals surface area (Å²) in [5.41, 5.74) is 1.12. The first-order chi connectivity index (χ1) is 6.86. The molecule has 1 heterocycles. The van der Waals surface area contributed by atoms with Gasteiger partial charge in [0.25, 0.3) is 0 Å². The van der Waals surface area contributed by atoms with Gasteiger partial charge in [0.05, 0.1) is 4.90 Å². The maximum atomic E-state index is 8.91. The third-order valence-corrected chi connectivity index (χ3v) is 3.02. The molecule has 0 fully saturated rings. The highest BCUT2D eigenvalue weighted by Gasteiger charge is 2.19. The van der Waals surface area contributed by atoms with Crippen molar-refractivity contribution in [1.29, 1.82) is 0 Å². The molecule has 76 valence electrons. The van der Waals surface area contributed by atoms with E-state index in [0.717, 1.165) is 22.0 Å². The van der Waals surface area contributed by atoms with Crippen LogP contribution in [0.4, 0.5) is 0 Å². The molecule has 0 amide bonds. The van der Waals surface area contributed by atoms with E-state index in [2.05, 4.69) is 0 Å². The molecule has 0 bridgehead atoms. The average molecular weight is 212 g/mol. The minimum Gasteiger partial charge on any atom is -0.454 e. The van der Waals surface area contributed by atoms with E-state index in [-0.39, 0.29) is 6.61 Å². The fourth-order valence-electron chi connectivity index (χ4n) is 1.53. The van der Waals surface area contributed by atoms with Crippen LogP contribution in [0.2, 0.25) is 0 Å². The van der Waals surface area contributed by atoms with Crippen molar-refractivity contribution in [3.05, 3.63) is 17.7 Å². The van der Waals surface area contributed by atoms with E-state index in [4.69, 9.17) is 14.6 Å². The lowest BCUT2D eigenvalue weighted by atomic mass is 10.1. The van der Waals surface area contributed by atoms with Crippen LogP contribution in [0.25, 0.3) is 0 Å². The van der Waals surface area contributed by atoms with Gasteiger partial charge < -0.3 is 14.6 Å². The van der Waals surface area contributed by atoms with Gasteiger partial charge in [0.2, 0.25) is 6.79 Å². The van der Waals surface area contributed by atoms with Crippen LogP contribution in [-0.2, 0) is 6.42 Å². The minimum atomic E-state index is 0.160. The molecule has 1 aliphatic heterocycles. The van der Waals surface area contributed by atoms with E-state index in [1.165, 1.54) is 0 Å². The molecule has 4 heteroatoms. The fraction of sp³-hybridized carbons (Fsp3) is 0.400. The van der Waals surface area contributed by atoms with Crippen molar-refractivity contribution in [1.82, 2.24) is 0 Å². The molecule has 0 unspecified atom stereocenters. The van der Waals surface area contributed by atoms with Crippen LogP contribution in [-0.4, -0.2) is 24.8 Å². The Morgan fingerprint density at radius 1 is 1.43 bits per heavy atom. The van der Waals surface area contributed by atoms with Crippen molar-refractivity contribution in [2.75, 3.05) is 19.7 Å². The van der Waals surface area contributed by atoms with Gasteiger partial charge in [-0.2, -0.15) is 0 Å². The summed E-state index contributed by atoms with van der Waals surface area (Å²) in [6.07, 6.45) is 2.66. The molecule has 0 aliphatic carbocycles. The summed E-state index contributed by atoms with van der Waals surface area (Å²) in [5.74, 6) is 1.62. The first-order valence-electron chi connectivity index (χ1n) is 4.43. The Kier molecular flexibility index (Phi) is 2.84. The monoisotopic (exact) mass is 212 g/mol. The van der Waals surface area contributed by atoms with Gasteiger partial charge in [0, 0.05) is 6.61 Å². The molecule has 2 rings (SSSR count). The quantitative estimate of drug-likeness (QED) is 0.774. The van der Waals surface area contributed by atoms with Gasteiger partial charge in [0.1, 0.15) is 0 Å². The molecule has 1 aliphatic rings.